The monoisotopic (exact) mass is 587 g/mol. The molecule has 3 unspecified atom stereocenters. The first kappa shape index (κ1) is 29.8. The van der Waals surface area contributed by atoms with Gasteiger partial charge in [0.15, 0.2) is 5.66 Å². The van der Waals surface area contributed by atoms with E-state index >= 15 is 0 Å². The molecule has 2 amide bonds. The van der Waals surface area contributed by atoms with Crippen LogP contribution in [0.4, 0.5) is 0 Å². The van der Waals surface area contributed by atoms with E-state index in [9.17, 15) is 9.59 Å². The molecule has 1 heterocycles. The Labute approximate surface area is 244 Å². The van der Waals surface area contributed by atoms with Gasteiger partial charge in [-0.1, -0.05) is 55.1 Å². The molecule has 40 heavy (non-hydrogen) atoms. The van der Waals surface area contributed by atoms with E-state index in [4.69, 9.17) is 44.5 Å². The van der Waals surface area contributed by atoms with Crippen molar-refractivity contribution in [2.45, 2.75) is 63.3 Å². The lowest BCUT2D eigenvalue weighted by atomic mass is 9.83. The second kappa shape index (κ2) is 13.0. The molecule has 1 aliphatic carbocycles. The molecule has 2 aromatic rings. The van der Waals surface area contributed by atoms with Crippen molar-refractivity contribution in [3.63, 3.8) is 0 Å². The zero-order chi connectivity index (χ0) is 28.9. The minimum absolute atomic E-state index is 0.0418. The number of nitrogens with one attached hydrogen (secondary N) is 2. The largest absolute Gasteiger partial charge is 0.384 e. The molecule has 1 saturated carbocycles. The molecular formula is C28H35Cl2N7O3. The predicted molar refractivity (Wildman–Crippen MR) is 157 cm³/mol. The Hall–Kier alpha value is -3.18. The van der Waals surface area contributed by atoms with Crippen molar-refractivity contribution < 1.29 is 14.3 Å². The number of benzene rings is 2. The van der Waals surface area contributed by atoms with Gasteiger partial charge in [0.05, 0.1) is 12.6 Å². The van der Waals surface area contributed by atoms with E-state index in [1.54, 1.807) is 37.4 Å². The molecule has 6 N–H and O–H groups in total. The number of rotatable bonds is 10. The number of hydrogen-bond donors (Lipinski definition) is 4. The Bertz CT molecular complexity index is 1280. The summed E-state index contributed by atoms with van der Waals surface area (Å²) >= 11 is 12.6. The van der Waals surface area contributed by atoms with Crippen molar-refractivity contribution in [1.29, 1.82) is 0 Å². The molecule has 0 bridgehead atoms. The maximum absolute atomic E-state index is 14.3. The van der Waals surface area contributed by atoms with Crippen molar-refractivity contribution in [2.24, 2.45) is 21.7 Å². The summed E-state index contributed by atoms with van der Waals surface area (Å²) in [4.78, 5) is 34.0. The van der Waals surface area contributed by atoms with Gasteiger partial charge in [-0.3, -0.25) is 9.59 Å². The highest BCUT2D eigenvalue weighted by atomic mass is 35.5. The highest BCUT2D eigenvalue weighted by Crippen LogP contribution is 2.46. The minimum atomic E-state index is -0.863. The van der Waals surface area contributed by atoms with Gasteiger partial charge in [0.25, 0.3) is 11.8 Å². The maximum Gasteiger partial charge on any atom is 0.275 e. The average Bonchev–Trinajstić information content (AvgIpc) is 3.22. The summed E-state index contributed by atoms with van der Waals surface area (Å²) < 4.78 is 5.98. The van der Waals surface area contributed by atoms with E-state index in [1.807, 2.05) is 17.0 Å². The summed E-state index contributed by atoms with van der Waals surface area (Å²) in [5.74, 6) is 4.76. The zero-order valence-electron chi connectivity index (χ0n) is 22.6. The van der Waals surface area contributed by atoms with Crippen molar-refractivity contribution in [3.05, 3.63) is 69.2 Å². The van der Waals surface area contributed by atoms with Crippen LogP contribution in [-0.4, -0.2) is 53.7 Å². The van der Waals surface area contributed by atoms with Gasteiger partial charge in [-0.2, -0.15) is 5.10 Å². The molecule has 0 aromatic heterocycles. The number of hydrazine groups is 1. The summed E-state index contributed by atoms with van der Waals surface area (Å²) in [5.41, 5.74) is 9.17. The van der Waals surface area contributed by atoms with Gasteiger partial charge in [0.1, 0.15) is 17.7 Å². The number of nitrogens with two attached hydrogens (primary N) is 2. The number of hydrogen-bond acceptors (Lipinski definition) is 7. The number of halogens is 2. The Kier molecular flexibility index (Phi) is 9.68. The molecule has 3 atom stereocenters. The van der Waals surface area contributed by atoms with Crippen LogP contribution < -0.4 is 22.4 Å². The first-order chi connectivity index (χ1) is 19.2. The van der Waals surface area contributed by atoms with Crippen molar-refractivity contribution in [3.8, 4) is 0 Å². The van der Waals surface area contributed by atoms with E-state index in [0.29, 0.717) is 39.7 Å². The van der Waals surface area contributed by atoms with Crippen LogP contribution in [0.2, 0.25) is 10.0 Å². The summed E-state index contributed by atoms with van der Waals surface area (Å²) in [5, 5.41) is 7.19. The first-order valence-electron chi connectivity index (χ1n) is 13.3. The van der Waals surface area contributed by atoms with Crippen LogP contribution in [0.3, 0.4) is 0 Å². The number of carbonyl (C=O) groups is 2. The molecular weight excluding hydrogens is 553 g/mol. The molecule has 10 nitrogen and oxygen atoms in total. The molecule has 0 radical (unpaired) electrons. The highest BCUT2D eigenvalue weighted by Gasteiger charge is 2.55. The molecule has 1 spiro atoms. The van der Waals surface area contributed by atoms with Gasteiger partial charge in [0.2, 0.25) is 0 Å². The number of nitrogens with zero attached hydrogens (tertiary/aromatic N) is 3. The highest BCUT2D eigenvalue weighted by molar-refractivity contribution is 6.48. The summed E-state index contributed by atoms with van der Waals surface area (Å²) in [6.45, 7) is 2.12. The van der Waals surface area contributed by atoms with Gasteiger partial charge in [0, 0.05) is 28.3 Å². The number of methoxy groups -OCH3 is 1. The smallest absolute Gasteiger partial charge is 0.275 e. The van der Waals surface area contributed by atoms with Crippen molar-refractivity contribution in [1.82, 2.24) is 15.8 Å². The average molecular weight is 589 g/mol. The van der Waals surface area contributed by atoms with Gasteiger partial charge in [-0.25, -0.2) is 16.4 Å². The molecule has 1 aliphatic heterocycles. The molecule has 2 aliphatic rings. The van der Waals surface area contributed by atoms with Crippen molar-refractivity contribution in [2.75, 3.05) is 13.7 Å². The van der Waals surface area contributed by atoms with E-state index in [0.717, 1.165) is 31.2 Å². The number of ether oxygens (including phenoxy) is 1. The van der Waals surface area contributed by atoms with Crippen LogP contribution in [0, 0.1) is 0 Å². The van der Waals surface area contributed by atoms with Crippen LogP contribution >= 0.6 is 23.2 Å². The lowest BCUT2D eigenvalue weighted by Crippen LogP contribution is -2.57. The zero-order valence-corrected chi connectivity index (χ0v) is 24.1. The molecule has 0 saturated heterocycles. The van der Waals surface area contributed by atoms with Gasteiger partial charge >= 0.3 is 0 Å². The quantitative estimate of drug-likeness (QED) is 0.143. The molecule has 2 aromatic carbocycles. The van der Waals surface area contributed by atoms with E-state index in [-0.39, 0.29) is 36.3 Å². The third-order valence-electron chi connectivity index (χ3n) is 7.41. The van der Waals surface area contributed by atoms with Crippen LogP contribution in [-0.2, 0) is 9.53 Å². The number of amidine groups is 1. The van der Waals surface area contributed by atoms with Crippen molar-refractivity contribution >= 4 is 46.6 Å². The summed E-state index contributed by atoms with van der Waals surface area (Å²) in [7, 11) is 1.67. The van der Waals surface area contributed by atoms with Gasteiger partial charge in [-0.05, 0) is 61.6 Å². The van der Waals surface area contributed by atoms with E-state index in [1.165, 1.54) is 0 Å². The third kappa shape index (κ3) is 6.10. The number of carbonyl (C=O) groups excluding carboxylic acids is 2. The summed E-state index contributed by atoms with van der Waals surface area (Å²) in [6.07, 6.45) is 4.64. The maximum atomic E-state index is 14.3. The lowest BCUT2D eigenvalue weighted by molar-refractivity contribution is -0.143. The molecule has 4 rings (SSSR count). The fraction of sp³-hybridized carbons (Fsp3) is 0.429. The topological polar surface area (TPSA) is 147 Å². The SMILES string of the molecule is CCCC(c1ccc(C(=O)NC/C(N)=N/NN)cc1)N1C(=O)C(c2cc(Cl)cc(Cl)c2)=NC12CCCCC2OC. The lowest BCUT2D eigenvalue weighted by Gasteiger charge is -2.47. The normalized spacial score (nSPS) is 21.9. The molecule has 12 heteroatoms. The van der Waals surface area contributed by atoms with Crippen LogP contribution in [0.15, 0.2) is 52.6 Å². The second-order valence-electron chi connectivity index (χ2n) is 9.98. The van der Waals surface area contributed by atoms with E-state index in [2.05, 4.69) is 22.9 Å². The molecule has 1 fully saturated rings. The third-order valence-corrected chi connectivity index (χ3v) is 7.85. The second-order valence-corrected chi connectivity index (χ2v) is 10.9. The van der Waals surface area contributed by atoms with E-state index < -0.39 is 5.66 Å². The van der Waals surface area contributed by atoms with Gasteiger partial charge < -0.3 is 20.7 Å². The Morgan fingerprint density at radius 2 is 1.93 bits per heavy atom. The fourth-order valence-corrected chi connectivity index (χ4v) is 6.19. The van der Waals surface area contributed by atoms with Crippen LogP contribution in [0.1, 0.15) is 73.0 Å². The standard InChI is InChI=1S/C28H35Cl2N7O3/c1-3-6-22(17-8-10-18(11-9-17)26(38)33-16-24(31)35-36-32)37-27(39)25(19-13-20(29)15-21(30)14-19)34-28(37)12-5-4-7-23(28)40-2/h8-11,13-15,22-23,36H,3-7,12,16,32H2,1-2H3,(H2,31,35)(H,33,38). The number of hydrazone groups is 1. The molecule has 214 valence electrons. The van der Waals surface area contributed by atoms with Gasteiger partial charge in [-0.15, -0.1) is 0 Å². The minimum Gasteiger partial charge on any atom is -0.384 e. The van der Waals surface area contributed by atoms with Crippen LogP contribution in [0.25, 0.3) is 0 Å². The predicted octanol–water partition coefficient (Wildman–Crippen LogP) is 3.92. The first-order valence-corrected chi connectivity index (χ1v) is 14.1. The summed E-state index contributed by atoms with van der Waals surface area (Å²) in [6, 6.07) is 12.0. The Balaban J connectivity index is 1.71. The Morgan fingerprint density at radius 1 is 1.23 bits per heavy atom. The number of aliphatic imine (C=N–C) groups is 1. The Morgan fingerprint density at radius 3 is 2.55 bits per heavy atom. The van der Waals surface area contributed by atoms with Crippen LogP contribution in [0.5, 0.6) is 0 Å². The number of amides is 2. The fourth-order valence-electron chi connectivity index (χ4n) is 5.66.